The van der Waals surface area contributed by atoms with Crippen molar-refractivity contribution < 1.29 is 27.4 Å². The summed E-state index contributed by atoms with van der Waals surface area (Å²) in [5.74, 6) is 0. The van der Waals surface area contributed by atoms with Crippen LogP contribution in [0.15, 0.2) is 0 Å². The second kappa shape index (κ2) is 4.72. The van der Waals surface area contributed by atoms with Crippen LogP contribution in [0.5, 0.6) is 0 Å². The van der Waals surface area contributed by atoms with Crippen LogP contribution in [0.1, 0.15) is 20.3 Å². The van der Waals surface area contributed by atoms with Gasteiger partial charge in [0.25, 0.3) is 0 Å². The number of carbonyl (C=O) groups is 1. The highest BCUT2D eigenvalue weighted by Gasteiger charge is 2.49. The number of alkyl halides is 3. The lowest BCUT2D eigenvalue weighted by Crippen LogP contribution is -2.61. The van der Waals surface area contributed by atoms with Gasteiger partial charge >= 0.3 is 12.3 Å². The smallest absolute Gasteiger partial charge is 0.422 e. The molecular weight excluding hydrogens is 239 g/mol. The van der Waals surface area contributed by atoms with Crippen molar-refractivity contribution in [1.82, 2.24) is 5.32 Å². The van der Waals surface area contributed by atoms with Crippen molar-refractivity contribution in [2.24, 2.45) is 5.41 Å². The van der Waals surface area contributed by atoms with E-state index in [9.17, 15) is 18.0 Å². The van der Waals surface area contributed by atoms with Gasteiger partial charge < -0.3 is 14.8 Å². The third-order valence-corrected chi connectivity index (χ3v) is 3.12. The largest absolute Gasteiger partial charge is 0.440 e. The number of amides is 1. The van der Waals surface area contributed by atoms with Gasteiger partial charge in [-0.2, -0.15) is 13.2 Å². The highest BCUT2D eigenvalue weighted by molar-refractivity contribution is 5.68. The maximum atomic E-state index is 11.8. The summed E-state index contributed by atoms with van der Waals surface area (Å²) < 4.78 is 44.6. The van der Waals surface area contributed by atoms with Gasteiger partial charge in [0.2, 0.25) is 0 Å². The summed E-state index contributed by atoms with van der Waals surface area (Å²) in [5.41, 5.74) is -0.300. The molecule has 0 saturated heterocycles. The van der Waals surface area contributed by atoms with Crippen LogP contribution < -0.4 is 5.32 Å². The maximum Gasteiger partial charge on any atom is 0.422 e. The van der Waals surface area contributed by atoms with E-state index in [-0.39, 0.29) is 17.6 Å². The molecule has 0 spiro atoms. The molecule has 17 heavy (non-hydrogen) atoms. The van der Waals surface area contributed by atoms with Crippen molar-refractivity contribution in [3.05, 3.63) is 0 Å². The number of ether oxygens (including phenoxy) is 2. The van der Waals surface area contributed by atoms with Crippen molar-refractivity contribution in [2.45, 2.75) is 38.6 Å². The lowest BCUT2D eigenvalue weighted by molar-refractivity contribution is -0.161. The summed E-state index contributed by atoms with van der Waals surface area (Å²) in [5, 5.41) is 2.40. The Morgan fingerprint density at radius 3 is 2.47 bits per heavy atom. The van der Waals surface area contributed by atoms with Gasteiger partial charge in [-0.25, -0.2) is 4.79 Å². The van der Waals surface area contributed by atoms with Crippen molar-refractivity contribution in [3.63, 3.8) is 0 Å². The van der Waals surface area contributed by atoms with E-state index in [2.05, 4.69) is 10.1 Å². The quantitative estimate of drug-likeness (QED) is 0.840. The van der Waals surface area contributed by atoms with Crippen LogP contribution >= 0.6 is 0 Å². The molecule has 1 saturated carbocycles. The fourth-order valence-electron chi connectivity index (χ4n) is 1.86. The van der Waals surface area contributed by atoms with Crippen LogP contribution in [0.4, 0.5) is 18.0 Å². The normalized spacial score (nSPS) is 27.2. The minimum absolute atomic E-state index is 0.00424. The molecule has 1 N–H and O–H groups in total. The first kappa shape index (κ1) is 14.1. The van der Waals surface area contributed by atoms with Crippen LogP contribution in [-0.4, -0.2) is 38.1 Å². The van der Waals surface area contributed by atoms with E-state index < -0.39 is 18.9 Å². The SMILES string of the molecule is COC1CC(NC(=O)OCC(F)(F)F)C1(C)C. The Hall–Kier alpha value is -0.980. The molecule has 0 aromatic rings. The van der Waals surface area contributed by atoms with Crippen LogP contribution in [0, 0.1) is 5.41 Å². The standard InChI is InChI=1S/C10H16F3NO3/c1-9(2)6(4-7(9)16-3)14-8(15)17-5-10(11,12)13/h6-7H,4-5H2,1-3H3,(H,14,15). The zero-order valence-electron chi connectivity index (χ0n) is 9.93. The number of rotatable bonds is 3. The third-order valence-electron chi connectivity index (χ3n) is 3.12. The number of hydrogen-bond donors (Lipinski definition) is 1. The molecule has 7 heteroatoms. The van der Waals surface area contributed by atoms with Gasteiger partial charge in [0.05, 0.1) is 6.10 Å². The highest BCUT2D eigenvalue weighted by atomic mass is 19.4. The first-order valence-electron chi connectivity index (χ1n) is 5.19. The summed E-state index contributed by atoms with van der Waals surface area (Å²) in [6, 6.07) is -0.229. The van der Waals surface area contributed by atoms with E-state index >= 15 is 0 Å². The molecule has 0 aliphatic heterocycles. The molecule has 100 valence electrons. The zero-order valence-corrected chi connectivity index (χ0v) is 9.93. The van der Waals surface area contributed by atoms with Crippen LogP contribution in [0.2, 0.25) is 0 Å². The van der Waals surface area contributed by atoms with Gasteiger partial charge in [-0.3, -0.25) is 0 Å². The van der Waals surface area contributed by atoms with E-state index in [0.29, 0.717) is 6.42 Å². The Morgan fingerprint density at radius 2 is 2.06 bits per heavy atom. The molecular formula is C10H16F3NO3. The molecule has 1 aliphatic carbocycles. The van der Waals surface area contributed by atoms with E-state index in [1.807, 2.05) is 13.8 Å². The monoisotopic (exact) mass is 255 g/mol. The van der Waals surface area contributed by atoms with Crippen molar-refractivity contribution in [1.29, 1.82) is 0 Å². The summed E-state index contributed by atoms with van der Waals surface area (Å²) >= 11 is 0. The van der Waals surface area contributed by atoms with Crippen LogP contribution in [0.3, 0.4) is 0 Å². The summed E-state index contributed by atoms with van der Waals surface area (Å²) in [6.45, 7) is 2.18. The molecule has 1 fully saturated rings. The molecule has 4 nitrogen and oxygen atoms in total. The van der Waals surface area contributed by atoms with Gasteiger partial charge in [0.1, 0.15) is 0 Å². The number of halogens is 3. The Bertz CT molecular complexity index is 291. The molecule has 2 unspecified atom stereocenters. The van der Waals surface area contributed by atoms with Gasteiger partial charge in [-0.05, 0) is 6.42 Å². The molecule has 2 atom stereocenters. The Labute approximate surface area is 97.5 Å². The molecule has 0 radical (unpaired) electrons. The lowest BCUT2D eigenvalue weighted by atomic mass is 9.64. The first-order chi connectivity index (χ1) is 7.66. The Morgan fingerprint density at radius 1 is 1.47 bits per heavy atom. The van der Waals surface area contributed by atoms with E-state index in [4.69, 9.17) is 4.74 Å². The Balaban J connectivity index is 2.34. The summed E-state index contributed by atoms with van der Waals surface area (Å²) in [7, 11) is 1.56. The second-order valence-corrected chi connectivity index (χ2v) is 4.67. The predicted octanol–water partition coefficient (Wildman–Crippen LogP) is 2.09. The summed E-state index contributed by atoms with van der Waals surface area (Å²) in [6.07, 6.45) is -4.98. The van der Waals surface area contributed by atoms with Gasteiger partial charge in [0, 0.05) is 18.6 Å². The number of carbonyl (C=O) groups excluding carboxylic acids is 1. The minimum Gasteiger partial charge on any atom is -0.440 e. The topological polar surface area (TPSA) is 47.6 Å². The predicted molar refractivity (Wildman–Crippen MR) is 53.5 cm³/mol. The maximum absolute atomic E-state index is 11.8. The average molecular weight is 255 g/mol. The molecule has 0 aromatic heterocycles. The van der Waals surface area contributed by atoms with Crippen molar-refractivity contribution >= 4 is 6.09 Å². The van der Waals surface area contributed by atoms with Crippen molar-refractivity contribution in [3.8, 4) is 0 Å². The molecule has 0 bridgehead atoms. The number of alkyl carbamates (subject to hydrolysis) is 1. The average Bonchev–Trinajstić information content (AvgIpc) is 2.19. The first-order valence-corrected chi connectivity index (χ1v) is 5.19. The number of nitrogens with one attached hydrogen (secondary N) is 1. The highest BCUT2D eigenvalue weighted by Crippen LogP contribution is 2.42. The minimum atomic E-state index is -4.50. The van der Waals surface area contributed by atoms with E-state index in [1.54, 1.807) is 7.11 Å². The van der Waals surface area contributed by atoms with E-state index in [0.717, 1.165) is 0 Å². The second-order valence-electron chi connectivity index (χ2n) is 4.67. The Kier molecular flexibility index (Phi) is 3.91. The lowest BCUT2D eigenvalue weighted by Gasteiger charge is -2.50. The van der Waals surface area contributed by atoms with Crippen molar-refractivity contribution in [2.75, 3.05) is 13.7 Å². The van der Waals surface area contributed by atoms with Crippen LogP contribution in [-0.2, 0) is 9.47 Å². The fraction of sp³-hybridized carbons (Fsp3) is 0.900. The summed E-state index contributed by atoms with van der Waals surface area (Å²) in [4.78, 5) is 11.1. The number of methoxy groups -OCH3 is 1. The molecule has 1 rings (SSSR count). The zero-order chi connectivity index (χ0) is 13.3. The van der Waals surface area contributed by atoms with Gasteiger partial charge in [-0.15, -0.1) is 0 Å². The molecule has 0 heterocycles. The third kappa shape index (κ3) is 3.49. The van der Waals surface area contributed by atoms with Gasteiger partial charge in [-0.1, -0.05) is 13.8 Å². The van der Waals surface area contributed by atoms with E-state index in [1.165, 1.54) is 0 Å². The van der Waals surface area contributed by atoms with Crippen LogP contribution in [0.25, 0.3) is 0 Å². The van der Waals surface area contributed by atoms with Gasteiger partial charge in [0.15, 0.2) is 6.61 Å². The molecule has 1 aliphatic rings. The molecule has 1 amide bonds. The number of hydrogen-bond acceptors (Lipinski definition) is 3. The molecule has 0 aromatic carbocycles. The fourth-order valence-corrected chi connectivity index (χ4v) is 1.86.